The Morgan fingerprint density at radius 1 is 1.21 bits per heavy atom. The summed E-state index contributed by atoms with van der Waals surface area (Å²) in [5.74, 6) is 0.377. The highest BCUT2D eigenvalue weighted by atomic mass is 16.5. The van der Waals surface area contributed by atoms with Crippen LogP contribution >= 0.6 is 0 Å². The van der Waals surface area contributed by atoms with Crippen LogP contribution in [0.5, 0.6) is 11.5 Å². The average Bonchev–Trinajstić information content (AvgIpc) is 2.46. The lowest BCUT2D eigenvalue weighted by Crippen LogP contribution is -2.07. The largest absolute Gasteiger partial charge is 0.493 e. The molecule has 0 fully saturated rings. The van der Waals surface area contributed by atoms with Gasteiger partial charge in [0.2, 0.25) is 0 Å². The Kier molecular flexibility index (Phi) is 5.81. The van der Waals surface area contributed by atoms with Gasteiger partial charge in [0, 0.05) is 19.2 Å². The molecule has 0 N–H and O–H groups in total. The molecular weight excluding hydrogens is 250 g/mol. The molecule has 0 saturated heterocycles. The van der Waals surface area contributed by atoms with Crippen molar-refractivity contribution in [3.8, 4) is 11.5 Å². The van der Waals surface area contributed by atoms with Gasteiger partial charge in [0.25, 0.3) is 0 Å². The van der Waals surface area contributed by atoms with Gasteiger partial charge in [-0.05, 0) is 6.72 Å². The second kappa shape index (κ2) is 7.38. The predicted molar refractivity (Wildman–Crippen MR) is 70.9 cm³/mol. The average molecular weight is 267 g/mol. The van der Waals surface area contributed by atoms with Crippen LogP contribution in [-0.2, 0) is 9.47 Å². The van der Waals surface area contributed by atoms with E-state index in [0.29, 0.717) is 30.4 Å². The highest BCUT2D eigenvalue weighted by molar-refractivity contribution is 5.96. The number of hydrogen-bond acceptors (Lipinski definition) is 6. The van der Waals surface area contributed by atoms with Crippen LogP contribution in [0.3, 0.4) is 0 Å². The van der Waals surface area contributed by atoms with Gasteiger partial charge in [-0.25, -0.2) is 4.79 Å². The lowest BCUT2D eigenvalue weighted by molar-refractivity contribution is 0.0601. The van der Waals surface area contributed by atoms with Crippen LogP contribution in [0.15, 0.2) is 17.1 Å². The Morgan fingerprint density at radius 3 is 2.47 bits per heavy atom. The molecule has 6 heteroatoms. The number of rotatable bonds is 7. The van der Waals surface area contributed by atoms with Crippen LogP contribution < -0.4 is 9.47 Å². The summed E-state index contributed by atoms with van der Waals surface area (Å²) >= 11 is 0. The minimum atomic E-state index is -0.510. The first-order chi connectivity index (χ1) is 9.17. The van der Waals surface area contributed by atoms with Crippen molar-refractivity contribution >= 4 is 18.4 Å². The van der Waals surface area contributed by atoms with Crippen LogP contribution in [0.1, 0.15) is 10.4 Å². The van der Waals surface area contributed by atoms with Gasteiger partial charge in [-0.1, -0.05) is 0 Å². The lowest BCUT2D eigenvalue weighted by atomic mass is 10.1. The number of benzene rings is 1. The first-order valence-corrected chi connectivity index (χ1v) is 5.56. The minimum Gasteiger partial charge on any atom is -0.493 e. The van der Waals surface area contributed by atoms with Gasteiger partial charge < -0.3 is 18.9 Å². The fourth-order valence-corrected chi connectivity index (χ4v) is 1.46. The summed E-state index contributed by atoms with van der Waals surface area (Å²) in [7, 11) is 4.36. The van der Waals surface area contributed by atoms with E-state index < -0.39 is 5.97 Å². The third-order valence-electron chi connectivity index (χ3n) is 2.40. The third kappa shape index (κ3) is 3.69. The zero-order valence-electron chi connectivity index (χ0n) is 11.3. The van der Waals surface area contributed by atoms with Gasteiger partial charge in [0.15, 0.2) is 11.5 Å². The zero-order valence-corrected chi connectivity index (χ0v) is 11.3. The lowest BCUT2D eigenvalue weighted by Gasteiger charge is -2.13. The Hall–Kier alpha value is -2.08. The maximum atomic E-state index is 11.6. The van der Waals surface area contributed by atoms with Crippen molar-refractivity contribution in [3.05, 3.63) is 17.7 Å². The highest BCUT2D eigenvalue weighted by Gasteiger charge is 2.17. The van der Waals surface area contributed by atoms with E-state index >= 15 is 0 Å². The second-order valence-corrected chi connectivity index (χ2v) is 3.51. The Bertz CT molecular complexity index is 459. The van der Waals surface area contributed by atoms with Gasteiger partial charge >= 0.3 is 5.97 Å². The number of nitrogens with zero attached hydrogens (tertiary/aromatic N) is 1. The summed E-state index contributed by atoms with van der Waals surface area (Å²) in [6, 6.07) is 3.09. The topological polar surface area (TPSA) is 66.3 Å². The molecule has 0 aromatic heterocycles. The van der Waals surface area contributed by atoms with Crippen molar-refractivity contribution in [2.24, 2.45) is 4.99 Å². The molecule has 0 radical (unpaired) electrons. The summed E-state index contributed by atoms with van der Waals surface area (Å²) in [5, 5.41) is 0. The van der Waals surface area contributed by atoms with E-state index in [1.807, 2.05) is 0 Å². The van der Waals surface area contributed by atoms with Crippen LogP contribution in [0, 0.1) is 0 Å². The minimum absolute atomic E-state index is 0.272. The molecule has 0 saturated carbocycles. The van der Waals surface area contributed by atoms with Gasteiger partial charge in [-0.3, -0.25) is 4.99 Å². The van der Waals surface area contributed by atoms with Crippen LogP contribution in [0.25, 0.3) is 0 Å². The number of hydrogen-bond donors (Lipinski definition) is 0. The summed E-state index contributed by atoms with van der Waals surface area (Å²) in [4.78, 5) is 15.4. The van der Waals surface area contributed by atoms with E-state index in [1.54, 1.807) is 13.2 Å². The molecule has 0 aliphatic heterocycles. The van der Waals surface area contributed by atoms with Crippen molar-refractivity contribution < 1.29 is 23.7 Å². The first kappa shape index (κ1) is 15.0. The molecule has 1 aromatic rings. The maximum Gasteiger partial charge on any atom is 0.340 e. The zero-order chi connectivity index (χ0) is 14.3. The number of esters is 1. The molecule has 1 aromatic carbocycles. The fourth-order valence-electron chi connectivity index (χ4n) is 1.46. The van der Waals surface area contributed by atoms with E-state index in [-0.39, 0.29) is 5.56 Å². The smallest absolute Gasteiger partial charge is 0.340 e. The van der Waals surface area contributed by atoms with Crippen molar-refractivity contribution in [3.63, 3.8) is 0 Å². The van der Waals surface area contributed by atoms with E-state index in [0.717, 1.165) is 0 Å². The Labute approximate surface area is 111 Å². The van der Waals surface area contributed by atoms with Gasteiger partial charge in [-0.15, -0.1) is 0 Å². The van der Waals surface area contributed by atoms with Crippen LogP contribution in [-0.4, -0.2) is 47.2 Å². The van der Waals surface area contributed by atoms with E-state index in [9.17, 15) is 4.79 Å². The molecule has 0 atom stereocenters. The molecule has 0 spiro atoms. The second-order valence-electron chi connectivity index (χ2n) is 3.51. The monoisotopic (exact) mass is 267 g/mol. The molecular formula is C13H17NO5. The van der Waals surface area contributed by atoms with Crippen LogP contribution in [0.4, 0.5) is 5.69 Å². The molecule has 0 aliphatic carbocycles. The van der Waals surface area contributed by atoms with Crippen molar-refractivity contribution in [2.75, 3.05) is 34.5 Å². The van der Waals surface area contributed by atoms with E-state index in [4.69, 9.17) is 14.2 Å². The molecule has 0 unspecified atom stereocenters. The number of methoxy groups -OCH3 is 3. The Morgan fingerprint density at radius 2 is 1.95 bits per heavy atom. The maximum absolute atomic E-state index is 11.6. The predicted octanol–water partition coefficient (Wildman–Crippen LogP) is 1.84. The number of aliphatic imine (C=N–C) groups is 1. The summed E-state index contributed by atoms with van der Waals surface area (Å²) in [6.45, 7) is 4.23. The van der Waals surface area contributed by atoms with Crippen LogP contribution in [0.2, 0.25) is 0 Å². The summed E-state index contributed by atoms with van der Waals surface area (Å²) in [5.41, 5.74) is 0.647. The van der Waals surface area contributed by atoms with Gasteiger partial charge in [0.1, 0.15) is 6.61 Å². The van der Waals surface area contributed by atoms with E-state index in [2.05, 4.69) is 16.4 Å². The van der Waals surface area contributed by atoms with Crippen molar-refractivity contribution in [1.29, 1.82) is 0 Å². The molecule has 104 valence electrons. The molecule has 0 aliphatic rings. The number of carbonyl (C=O) groups excluding carboxylic acids is 1. The van der Waals surface area contributed by atoms with Gasteiger partial charge in [0.05, 0.1) is 32.1 Å². The summed E-state index contributed by atoms with van der Waals surface area (Å²) < 4.78 is 20.2. The normalized spacial score (nSPS) is 9.84. The SMILES string of the molecule is C=Nc1cc(OCCOC)c(OC)cc1C(=O)OC. The molecule has 0 bridgehead atoms. The van der Waals surface area contributed by atoms with Gasteiger partial charge in [-0.2, -0.15) is 0 Å². The van der Waals surface area contributed by atoms with Crippen molar-refractivity contribution in [1.82, 2.24) is 0 Å². The third-order valence-corrected chi connectivity index (χ3v) is 2.40. The number of carbonyl (C=O) groups is 1. The molecule has 0 amide bonds. The standard InChI is InChI=1S/C13H17NO5/c1-14-10-8-12(19-6-5-16-2)11(17-3)7-9(10)13(15)18-4/h7-8H,1,5-6H2,2-4H3. The molecule has 19 heavy (non-hydrogen) atoms. The fraction of sp³-hybridized carbons (Fsp3) is 0.385. The van der Waals surface area contributed by atoms with E-state index in [1.165, 1.54) is 20.3 Å². The number of ether oxygens (including phenoxy) is 4. The van der Waals surface area contributed by atoms with Crippen molar-refractivity contribution in [2.45, 2.75) is 0 Å². The molecule has 6 nitrogen and oxygen atoms in total. The molecule has 0 heterocycles. The Balaban J connectivity index is 3.11. The molecule has 1 rings (SSSR count). The quantitative estimate of drug-likeness (QED) is 0.428. The first-order valence-electron chi connectivity index (χ1n) is 5.56. The highest BCUT2D eigenvalue weighted by Crippen LogP contribution is 2.35. The summed E-state index contributed by atoms with van der Waals surface area (Å²) in [6.07, 6.45) is 0.